The van der Waals surface area contributed by atoms with Crippen LogP contribution in [-0.4, -0.2) is 24.7 Å². The highest BCUT2D eigenvalue weighted by molar-refractivity contribution is 6.55. The van der Waals surface area contributed by atoms with Gasteiger partial charge in [0, 0.05) is 18.8 Å². The molecule has 0 unspecified atom stereocenters. The van der Waals surface area contributed by atoms with E-state index >= 15 is 0 Å². The summed E-state index contributed by atoms with van der Waals surface area (Å²) in [7, 11) is 0. The molecule has 0 spiro atoms. The van der Waals surface area contributed by atoms with E-state index in [0.29, 0.717) is 36.9 Å². The van der Waals surface area contributed by atoms with Crippen LogP contribution in [0.15, 0.2) is 53.2 Å². The number of nitrogens with one attached hydrogen (secondary N) is 1. The second-order valence-corrected chi connectivity index (χ2v) is 6.35. The zero-order valence-corrected chi connectivity index (χ0v) is 15.6. The Labute approximate surface area is 164 Å². The van der Waals surface area contributed by atoms with Crippen LogP contribution in [0, 0.1) is 0 Å². The van der Waals surface area contributed by atoms with E-state index in [1.165, 1.54) is 12.1 Å². The first-order valence-electron chi connectivity index (χ1n) is 7.98. The molecule has 1 aromatic carbocycles. The standard InChI is InChI=1S/C18H17Cl2F3N2O2/c19-16(20)7-10-27-15-4-1-3-14(11-15)26-9-2-8-24-17-6-5-13(12-25-17)18(21,22)23/h1,3-7,11-12H,2,8-10H2,(H,24,25). The smallest absolute Gasteiger partial charge is 0.417 e. The summed E-state index contributed by atoms with van der Waals surface area (Å²) in [5, 5.41) is 2.94. The molecule has 0 amide bonds. The number of benzene rings is 1. The van der Waals surface area contributed by atoms with E-state index in [1.54, 1.807) is 24.3 Å². The molecular weight excluding hydrogens is 404 g/mol. The van der Waals surface area contributed by atoms with Gasteiger partial charge in [-0.05, 0) is 36.8 Å². The SMILES string of the molecule is FC(F)(F)c1ccc(NCCCOc2cccc(OCC=C(Cl)Cl)c2)nc1. The van der Waals surface area contributed by atoms with Gasteiger partial charge in [0.2, 0.25) is 0 Å². The van der Waals surface area contributed by atoms with Crippen LogP contribution in [0.4, 0.5) is 19.0 Å². The molecule has 2 rings (SSSR count). The highest BCUT2D eigenvalue weighted by Crippen LogP contribution is 2.28. The maximum absolute atomic E-state index is 12.5. The van der Waals surface area contributed by atoms with Crippen LogP contribution >= 0.6 is 23.2 Å². The lowest BCUT2D eigenvalue weighted by Crippen LogP contribution is -2.10. The summed E-state index contributed by atoms with van der Waals surface area (Å²) < 4.78 is 48.6. The molecule has 0 aliphatic heterocycles. The van der Waals surface area contributed by atoms with Crippen molar-refractivity contribution in [2.75, 3.05) is 25.1 Å². The lowest BCUT2D eigenvalue weighted by Gasteiger charge is -2.10. The Hall–Kier alpha value is -2.12. The molecule has 1 N–H and O–H groups in total. The Bertz CT molecular complexity index is 749. The van der Waals surface area contributed by atoms with Gasteiger partial charge in [0.15, 0.2) is 0 Å². The zero-order chi connectivity index (χ0) is 19.7. The molecule has 0 saturated carbocycles. The fraction of sp³-hybridized carbons (Fsp3) is 0.278. The van der Waals surface area contributed by atoms with Gasteiger partial charge in [-0.1, -0.05) is 29.3 Å². The molecule has 27 heavy (non-hydrogen) atoms. The van der Waals surface area contributed by atoms with Gasteiger partial charge in [0.1, 0.15) is 28.4 Å². The minimum atomic E-state index is -4.38. The Morgan fingerprint density at radius 3 is 2.48 bits per heavy atom. The van der Waals surface area contributed by atoms with Gasteiger partial charge in [-0.25, -0.2) is 4.98 Å². The third-order valence-corrected chi connectivity index (χ3v) is 3.59. The Morgan fingerprint density at radius 2 is 1.85 bits per heavy atom. The predicted octanol–water partition coefficient (Wildman–Crippen LogP) is 5.68. The summed E-state index contributed by atoms with van der Waals surface area (Å²) >= 11 is 11.0. The van der Waals surface area contributed by atoms with Gasteiger partial charge in [-0.2, -0.15) is 13.2 Å². The summed E-state index contributed by atoms with van der Waals surface area (Å²) in [6.45, 7) is 1.17. The Morgan fingerprint density at radius 1 is 1.11 bits per heavy atom. The average molecular weight is 421 g/mol. The summed E-state index contributed by atoms with van der Waals surface area (Å²) in [6, 6.07) is 9.39. The van der Waals surface area contributed by atoms with Crippen LogP contribution < -0.4 is 14.8 Å². The normalized spacial score (nSPS) is 11.0. The lowest BCUT2D eigenvalue weighted by molar-refractivity contribution is -0.137. The van der Waals surface area contributed by atoms with Crippen LogP contribution in [0.3, 0.4) is 0 Å². The molecule has 1 heterocycles. The lowest BCUT2D eigenvalue weighted by atomic mass is 10.3. The van der Waals surface area contributed by atoms with Crippen molar-refractivity contribution in [1.29, 1.82) is 0 Å². The topological polar surface area (TPSA) is 43.4 Å². The van der Waals surface area contributed by atoms with Crippen molar-refractivity contribution < 1.29 is 22.6 Å². The molecule has 0 aliphatic rings. The highest BCUT2D eigenvalue weighted by atomic mass is 35.5. The maximum atomic E-state index is 12.5. The van der Waals surface area contributed by atoms with E-state index in [-0.39, 0.29) is 11.1 Å². The van der Waals surface area contributed by atoms with Gasteiger partial charge in [0.25, 0.3) is 0 Å². The van der Waals surface area contributed by atoms with Crippen LogP contribution in [-0.2, 0) is 6.18 Å². The first-order chi connectivity index (χ1) is 12.8. The van der Waals surface area contributed by atoms with Crippen LogP contribution in [0.5, 0.6) is 11.5 Å². The van der Waals surface area contributed by atoms with E-state index in [0.717, 1.165) is 12.3 Å². The molecule has 0 atom stereocenters. The third kappa shape index (κ3) is 7.97. The second kappa shape index (κ2) is 10.3. The first-order valence-corrected chi connectivity index (χ1v) is 8.74. The number of ether oxygens (including phenoxy) is 2. The number of aromatic nitrogens is 1. The third-order valence-electron chi connectivity index (χ3n) is 3.28. The molecule has 4 nitrogen and oxygen atoms in total. The van der Waals surface area contributed by atoms with Crippen molar-refractivity contribution in [1.82, 2.24) is 4.98 Å². The minimum Gasteiger partial charge on any atom is -0.493 e. The summed E-state index contributed by atoms with van der Waals surface area (Å²) in [5.74, 6) is 1.64. The highest BCUT2D eigenvalue weighted by Gasteiger charge is 2.30. The number of hydrogen-bond acceptors (Lipinski definition) is 4. The van der Waals surface area contributed by atoms with Crippen molar-refractivity contribution in [3.8, 4) is 11.5 Å². The van der Waals surface area contributed by atoms with Crippen molar-refractivity contribution >= 4 is 29.0 Å². The quantitative estimate of drug-likeness (QED) is 0.530. The number of alkyl halides is 3. The zero-order valence-electron chi connectivity index (χ0n) is 14.1. The molecule has 0 aliphatic carbocycles. The number of halogens is 5. The van der Waals surface area contributed by atoms with Crippen molar-refractivity contribution in [2.24, 2.45) is 0 Å². The second-order valence-electron chi connectivity index (χ2n) is 5.34. The van der Waals surface area contributed by atoms with E-state index in [4.69, 9.17) is 32.7 Å². The minimum absolute atomic E-state index is 0.137. The van der Waals surface area contributed by atoms with Gasteiger partial charge in [-0.3, -0.25) is 0 Å². The maximum Gasteiger partial charge on any atom is 0.417 e. The van der Waals surface area contributed by atoms with Crippen molar-refractivity contribution in [2.45, 2.75) is 12.6 Å². The fourth-order valence-electron chi connectivity index (χ4n) is 2.00. The Kier molecular flexibility index (Phi) is 8.06. The van der Waals surface area contributed by atoms with Crippen molar-refractivity contribution in [3.63, 3.8) is 0 Å². The molecule has 0 radical (unpaired) electrons. The largest absolute Gasteiger partial charge is 0.493 e. The van der Waals surface area contributed by atoms with Crippen LogP contribution in [0.2, 0.25) is 0 Å². The molecule has 2 aromatic rings. The average Bonchev–Trinajstić information content (AvgIpc) is 2.61. The molecule has 0 bridgehead atoms. The van der Waals surface area contributed by atoms with E-state index in [9.17, 15) is 13.2 Å². The number of pyridine rings is 1. The van der Waals surface area contributed by atoms with Gasteiger partial charge in [0.05, 0.1) is 12.2 Å². The van der Waals surface area contributed by atoms with E-state index in [2.05, 4.69) is 10.3 Å². The number of anilines is 1. The van der Waals surface area contributed by atoms with Gasteiger partial charge < -0.3 is 14.8 Å². The van der Waals surface area contributed by atoms with Crippen molar-refractivity contribution in [3.05, 3.63) is 58.7 Å². The number of hydrogen-bond donors (Lipinski definition) is 1. The summed E-state index contributed by atoms with van der Waals surface area (Å²) in [5.41, 5.74) is -0.776. The molecule has 9 heteroatoms. The van der Waals surface area contributed by atoms with Crippen LogP contribution in [0.1, 0.15) is 12.0 Å². The van der Waals surface area contributed by atoms with Gasteiger partial charge in [-0.15, -0.1) is 0 Å². The molecule has 146 valence electrons. The monoisotopic (exact) mass is 420 g/mol. The van der Waals surface area contributed by atoms with E-state index < -0.39 is 11.7 Å². The van der Waals surface area contributed by atoms with E-state index in [1.807, 2.05) is 0 Å². The molecule has 1 aromatic heterocycles. The molecular formula is C18H17Cl2F3N2O2. The summed E-state index contributed by atoms with van der Waals surface area (Å²) in [6.07, 6.45) is -1.42. The van der Waals surface area contributed by atoms with Crippen LogP contribution in [0.25, 0.3) is 0 Å². The summed E-state index contributed by atoms with van der Waals surface area (Å²) in [4.78, 5) is 3.74. The number of rotatable bonds is 9. The number of nitrogens with zero attached hydrogens (tertiary/aromatic N) is 1. The fourth-order valence-corrected chi connectivity index (χ4v) is 2.13. The Balaban J connectivity index is 1.70. The van der Waals surface area contributed by atoms with Gasteiger partial charge >= 0.3 is 6.18 Å². The predicted molar refractivity (Wildman–Crippen MR) is 99.6 cm³/mol. The molecule has 0 fully saturated rings. The first kappa shape index (κ1) is 21.2. The molecule has 0 saturated heterocycles.